The summed E-state index contributed by atoms with van der Waals surface area (Å²) in [6.45, 7) is 2.35. The molecule has 1 aromatic carbocycles. The van der Waals surface area contributed by atoms with Gasteiger partial charge in [-0.3, -0.25) is 0 Å². The van der Waals surface area contributed by atoms with Crippen LogP contribution in [0, 0.1) is 5.92 Å². The highest BCUT2D eigenvalue weighted by atomic mass is 32.2. The van der Waals surface area contributed by atoms with E-state index in [4.69, 9.17) is 0 Å². The number of rotatable bonds is 3. The lowest BCUT2D eigenvalue weighted by Crippen LogP contribution is -2.33. The summed E-state index contributed by atoms with van der Waals surface area (Å²) in [7, 11) is 0. The van der Waals surface area contributed by atoms with Crippen molar-refractivity contribution < 1.29 is 0 Å². The largest absolute Gasteiger partial charge is 0.307 e. The van der Waals surface area contributed by atoms with E-state index >= 15 is 0 Å². The molecule has 2 unspecified atom stereocenters. The van der Waals surface area contributed by atoms with Crippen LogP contribution in [0.15, 0.2) is 29.2 Å². The molecule has 1 fully saturated rings. The topological polar surface area (TPSA) is 12.0 Å². The van der Waals surface area contributed by atoms with E-state index in [1.54, 1.807) is 0 Å². The third-order valence-corrected chi connectivity index (χ3v) is 4.87. The third-order valence-electron chi connectivity index (χ3n) is 3.75. The predicted octanol–water partition coefficient (Wildman–Crippen LogP) is 3.61. The molecule has 16 heavy (non-hydrogen) atoms. The van der Waals surface area contributed by atoms with Crippen LogP contribution in [0.4, 0.5) is 0 Å². The molecule has 0 radical (unpaired) electrons. The van der Waals surface area contributed by atoms with E-state index in [9.17, 15) is 0 Å². The van der Waals surface area contributed by atoms with Crippen LogP contribution in [0.25, 0.3) is 0 Å². The molecule has 1 N–H and O–H groups in total. The first-order valence-corrected chi connectivity index (χ1v) is 7.31. The molecule has 0 saturated heterocycles. The summed E-state index contributed by atoms with van der Waals surface area (Å²) < 4.78 is 0. The van der Waals surface area contributed by atoms with E-state index in [1.165, 1.54) is 35.5 Å². The average Bonchev–Trinajstić information content (AvgIpc) is 3.13. The second-order valence-corrected chi connectivity index (χ2v) is 6.16. The van der Waals surface area contributed by atoms with Gasteiger partial charge >= 0.3 is 0 Å². The average molecular weight is 233 g/mol. The van der Waals surface area contributed by atoms with Crippen molar-refractivity contribution in [2.45, 2.75) is 43.2 Å². The molecule has 0 spiro atoms. The van der Waals surface area contributed by atoms with Gasteiger partial charge in [0.25, 0.3) is 0 Å². The van der Waals surface area contributed by atoms with Crippen molar-refractivity contribution in [3.05, 3.63) is 29.8 Å². The number of thioether (sulfide) groups is 1. The van der Waals surface area contributed by atoms with Gasteiger partial charge in [0.15, 0.2) is 0 Å². The van der Waals surface area contributed by atoms with Gasteiger partial charge in [0.2, 0.25) is 0 Å². The zero-order valence-corrected chi connectivity index (χ0v) is 10.6. The van der Waals surface area contributed by atoms with Crippen molar-refractivity contribution >= 4 is 11.8 Å². The van der Waals surface area contributed by atoms with Crippen LogP contribution in [0.5, 0.6) is 0 Å². The summed E-state index contributed by atoms with van der Waals surface area (Å²) in [6.07, 6.45) is 4.13. The standard InChI is InChI=1S/C14H19NS/c1-10(11-6-7-11)15-13-8-9-16-14-5-3-2-4-12(13)14/h2-5,10-11,13,15H,6-9H2,1H3. The smallest absolute Gasteiger partial charge is 0.0341 e. The Morgan fingerprint density at radius 3 is 2.88 bits per heavy atom. The summed E-state index contributed by atoms with van der Waals surface area (Å²) in [4.78, 5) is 1.48. The minimum atomic E-state index is 0.591. The number of hydrogen-bond acceptors (Lipinski definition) is 2. The summed E-state index contributed by atoms with van der Waals surface area (Å²) >= 11 is 2.00. The maximum absolute atomic E-state index is 3.82. The molecular weight excluding hydrogens is 214 g/mol. The molecule has 1 aliphatic carbocycles. The fourth-order valence-corrected chi connectivity index (χ4v) is 3.69. The number of nitrogens with one attached hydrogen (secondary N) is 1. The van der Waals surface area contributed by atoms with Gasteiger partial charge in [0.05, 0.1) is 0 Å². The Bertz CT molecular complexity index is 373. The Hall–Kier alpha value is -0.470. The summed E-state index contributed by atoms with van der Waals surface area (Å²) in [5, 5.41) is 3.82. The van der Waals surface area contributed by atoms with Crippen LogP contribution in [0.1, 0.15) is 37.8 Å². The molecule has 2 atom stereocenters. The summed E-state index contributed by atoms with van der Waals surface area (Å²) in [6, 6.07) is 10.2. The van der Waals surface area contributed by atoms with Crippen LogP contribution >= 0.6 is 11.8 Å². The molecule has 3 rings (SSSR count). The first kappa shape index (κ1) is 10.7. The van der Waals surface area contributed by atoms with Gasteiger partial charge < -0.3 is 5.32 Å². The Morgan fingerprint density at radius 2 is 2.06 bits per heavy atom. The van der Waals surface area contributed by atoms with Crippen LogP contribution in [-0.4, -0.2) is 11.8 Å². The Labute approximate surface area is 102 Å². The molecule has 2 aliphatic rings. The van der Waals surface area contributed by atoms with E-state index in [0.29, 0.717) is 12.1 Å². The molecule has 86 valence electrons. The predicted molar refractivity (Wildman–Crippen MR) is 69.8 cm³/mol. The minimum absolute atomic E-state index is 0.591. The van der Waals surface area contributed by atoms with Crippen LogP contribution in [0.3, 0.4) is 0 Å². The van der Waals surface area contributed by atoms with Crippen LogP contribution < -0.4 is 5.32 Å². The second kappa shape index (κ2) is 4.42. The van der Waals surface area contributed by atoms with Gasteiger partial charge in [0.1, 0.15) is 0 Å². The Balaban J connectivity index is 1.76. The maximum atomic E-state index is 3.82. The molecular formula is C14H19NS. The van der Waals surface area contributed by atoms with Crippen molar-refractivity contribution in [1.82, 2.24) is 5.32 Å². The van der Waals surface area contributed by atoms with Crippen molar-refractivity contribution in [3.63, 3.8) is 0 Å². The Kier molecular flexibility index (Phi) is 2.95. The molecule has 0 aromatic heterocycles. The first-order chi connectivity index (χ1) is 7.84. The highest BCUT2D eigenvalue weighted by Gasteiger charge is 2.30. The van der Waals surface area contributed by atoms with Gasteiger partial charge in [-0.2, -0.15) is 0 Å². The lowest BCUT2D eigenvalue weighted by Gasteiger charge is -2.28. The van der Waals surface area contributed by atoms with E-state index in [1.807, 2.05) is 11.8 Å². The fourth-order valence-electron chi connectivity index (χ4n) is 2.56. The zero-order chi connectivity index (χ0) is 11.0. The summed E-state index contributed by atoms with van der Waals surface area (Å²) in [5.74, 6) is 2.20. The number of fused-ring (bicyclic) bond motifs is 1. The van der Waals surface area contributed by atoms with Gasteiger partial charge in [-0.1, -0.05) is 18.2 Å². The molecule has 0 bridgehead atoms. The van der Waals surface area contributed by atoms with Gasteiger partial charge in [-0.15, -0.1) is 11.8 Å². The van der Waals surface area contributed by atoms with Crippen molar-refractivity contribution in [2.24, 2.45) is 5.92 Å². The molecule has 1 saturated carbocycles. The van der Waals surface area contributed by atoms with Crippen molar-refractivity contribution in [1.29, 1.82) is 0 Å². The molecule has 1 nitrogen and oxygen atoms in total. The van der Waals surface area contributed by atoms with E-state index < -0.39 is 0 Å². The van der Waals surface area contributed by atoms with Crippen LogP contribution in [0.2, 0.25) is 0 Å². The van der Waals surface area contributed by atoms with Crippen LogP contribution in [-0.2, 0) is 0 Å². The highest BCUT2D eigenvalue weighted by molar-refractivity contribution is 7.99. The van der Waals surface area contributed by atoms with Crippen molar-refractivity contribution in [2.75, 3.05) is 5.75 Å². The number of benzene rings is 1. The minimum Gasteiger partial charge on any atom is -0.307 e. The fraction of sp³-hybridized carbons (Fsp3) is 0.571. The SMILES string of the molecule is CC(NC1CCSc2ccccc21)C1CC1. The molecule has 2 heteroatoms. The van der Waals surface area contributed by atoms with Gasteiger partial charge in [0, 0.05) is 17.0 Å². The van der Waals surface area contributed by atoms with E-state index in [2.05, 4.69) is 36.5 Å². The third kappa shape index (κ3) is 2.14. The highest BCUT2D eigenvalue weighted by Crippen LogP contribution is 2.38. The molecule has 1 aliphatic heterocycles. The van der Waals surface area contributed by atoms with Crippen molar-refractivity contribution in [3.8, 4) is 0 Å². The van der Waals surface area contributed by atoms with Gasteiger partial charge in [-0.05, 0) is 49.5 Å². The maximum Gasteiger partial charge on any atom is 0.0341 e. The zero-order valence-electron chi connectivity index (χ0n) is 9.78. The molecule has 1 aromatic rings. The molecule has 1 heterocycles. The molecule has 0 amide bonds. The normalized spacial score (nSPS) is 26.2. The van der Waals surface area contributed by atoms with Gasteiger partial charge in [-0.25, -0.2) is 0 Å². The van der Waals surface area contributed by atoms with E-state index in [0.717, 1.165) is 5.92 Å². The lowest BCUT2D eigenvalue weighted by atomic mass is 10.0. The lowest BCUT2D eigenvalue weighted by molar-refractivity contribution is 0.410. The summed E-state index contributed by atoms with van der Waals surface area (Å²) in [5.41, 5.74) is 1.52. The Morgan fingerprint density at radius 1 is 1.25 bits per heavy atom. The second-order valence-electron chi connectivity index (χ2n) is 5.02. The number of hydrogen-bond donors (Lipinski definition) is 1. The first-order valence-electron chi connectivity index (χ1n) is 6.32. The monoisotopic (exact) mass is 233 g/mol. The van der Waals surface area contributed by atoms with E-state index in [-0.39, 0.29) is 0 Å². The quantitative estimate of drug-likeness (QED) is 0.856.